The summed E-state index contributed by atoms with van der Waals surface area (Å²) in [5.41, 5.74) is 1.86. The fourth-order valence-electron chi connectivity index (χ4n) is 3.36. The minimum atomic E-state index is -0.364. The van der Waals surface area contributed by atoms with Crippen LogP contribution in [-0.4, -0.2) is 24.4 Å². The van der Waals surface area contributed by atoms with Crippen molar-refractivity contribution in [3.8, 4) is 0 Å². The number of carbonyl (C=O) groups is 2. The van der Waals surface area contributed by atoms with E-state index < -0.39 is 0 Å². The van der Waals surface area contributed by atoms with Gasteiger partial charge in [0.25, 0.3) is 5.91 Å². The lowest BCUT2D eigenvalue weighted by molar-refractivity contribution is -0.674. The first-order valence-electron chi connectivity index (χ1n) is 8.40. The van der Waals surface area contributed by atoms with Crippen molar-refractivity contribution in [3.63, 3.8) is 0 Å². The molecule has 1 saturated heterocycles. The molecule has 0 radical (unpaired) electrons. The van der Waals surface area contributed by atoms with E-state index in [0.717, 1.165) is 25.8 Å². The number of benzene rings is 1. The number of rotatable bonds is 5. The minimum Gasteiger partial charge on any atom is -0.335 e. The van der Waals surface area contributed by atoms with Gasteiger partial charge in [-0.2, -0.15) is 0 Å². The monoisotopic (exact) mass is 367 g/mol. The number of allylic oxidation sites excluding steroid dienone is 1. The summed E-state index contributed by atoms with van der Waals surface area (Å²) in [5, 5.41) is 2.56. The first kappa shape index (κ1) is 17.5. The second-order valence-corrected chi connectivity index (χ2v) is 7.12. The molecule has 0 saturated carbocycles. The highest BCUT2D eigenvalue weighted by atomic mass is 35.5. The summed E-state index contributed by atoms with van der Waals surface area (Å²) in [5.74, 6) is -0.427. The highest BCUT2D eigenvalue weighted by Gasteiger charge is 2.43. The van der Waals surface area contributed by atoms with E-state index in [-0.39, 0.29) is 29.3 Å². The van der Waals surface area contributed by atoms with E-state index in [4.69, 9.17) is 23.2 Å². The molecule has 0 spiro atoms. The van der Waals surface area contributed by atoms with Gasteiger partial charge >= 0.3 is 0 Å². The Hall–Kier alpha value is -1.36. The van der Waals surface area contributed by atoms with Crippen LogP contribution < -0.4 is 10.2 Å². The summed E-state index contributed by atoms with van der Waals surface area (Å²) < 4.78 is 0. The van der Waals surface area contributed by atoms with Crippen LogP contribution in [0.25, 0.3) is 0 Å². The number of amides is 2. The highest BCUT2D eigenvalue weighted by molar-refractivity contribution is 6.44. The molecule has 0 unspecified atom stereocenters. The molecule has 24 heavy (non-hydrogen) atoms. The Labute approximate surface area is 151 Å². The van der Waals surface area contributed by atoms with E-state index in [0.29, 0.717) is 10.7 Å². The highest BCUT2D eigenvalue weighted by Crippen LogP contribution is 2.34. The molecule has 3 rings (SSSR count). The molecule has 2 amide bonds. The Morgan fingerprint density at radius 1 is 1.21 bits per heavy atom. The molecule has 1 heterocycles. The SMILES string of the molecule is O=C1C[C@H]([NH2+]CCC2=CCCCC2)C(=O)N1c1cccc(Cl)c1Cl. The van der Waals surface area contributed by atoms with Crippen molar-refractivity contribution in [2.45, 2.75) is 44.6 Å². The van der Waals surface area contributed by atoms with Gasteiger partial charge in [-0.05, 0) is 37.8 Å². The van der Waals surface area contributed by atoms with Gasteiger partial charge in [0.2, 0.25) is 5.91 Å². The van der Waals surface area contributed by atoms with Gasteiger partial charge in [0, 0.05) is 6.42 Å². The zero-order chi connectivity index (χ0) is 17.1. The van der Waals surface area contributed by atoms with Crippen molar-refractivity contribution in [1.29, 1.82) is 0 Å². The number of anilines is 1. The quantitative estimate of drug-likeness (QED) is 0.642. The van der Waals surface area contributed by atoms with Crippen molar-refractivity contribution in [2.24, 2.45) is 0 Å². The van der Waals surface area contributed by atoms with Gasteiger partial charge in [0.15, 0.2) is 6.04 Å². The molecule has 6 heteroatoms. The van der Waals surface area contributed by atoms with Gasteiger partial charge in [-0.3, -0.25) is 9.59 Å². The van der Waals surface area contributed by atoms with Crippen LogP contribution in [0.4, 0.5) is 5.69 Å². The molecule has 0 bridgehead atoms. The summed E-state index contributed by atoms with van der Waals surface area (Å²) in [7, 11) is 0. The van der Waals surface area contributed by atoms with Gasteiger partial charge in [-0.15, -0.1) is 0 Å². The Morgan fingerprint density at radius 3 is 2.79 bits per heavy atom. The fourth-order valence-corrected chi connectivity index (χ4v) is 3.74. The lowest BCUT2D eigenvalue weighted by atomic mass is 9.97. The molecule has 128 valence electrons. The smallest absolute Gasteiger partial charge is 0.292 e. The first-order chi connectivity index (χ1) is 11.6. The van der Waals surface area contributed by atoms with E-state index in [1.54, 1.807) is 18.2 Å². The van der Waals surface area contributed by atoms with Gasteiger partial charge in [0.1, 0.15) is 0 Å². The summed E-state index contributed by atoms with van der Waals surface area (Å²) in [4.78, 5) is 26.1. The van der Waals surface area contributed by atoms with Crippen LogP contribution in [0.2, 0.25) is 10.0 Å². The van der Waals surface area contributed by atoms with Crippen molar-refractivity contribution in [2.75, 3.05) is 11.4 Å². The maximum atomic E-state index is 12.6. The fraction of sp³-hybridized carbons (Fsp3) is 0.444. The summed E-state index contributed by atoms with van der Waals surface area (Å²) in [6.45, 7) is 0.826. The van der Waals surface area contributed by atoms with Crippen LogP contribution in [0.3, 0.4) is 0 Å². The van der Waals surface area contributed by atoms with Crippen LogP contribution in [0, 0.1) is 0 Å². The zero-order valence-electron chi connectivity index (χ0n) is 13.4. The summed E-state index contributed by atoms with van der Waals surface area (Å²) in [6, 6.07) is 4.62. The third kappa shape index (κ3) is 3.66. The lowest BCUT2D eigenvalue weighted by Gasteiger charge is -2.16. The first-order valence-corrected chi connectivity index (χ1v) is 9.15. The Balaban J connectivity index is 1.63. The number of hydrogen-bond acceptors (Lipinski definition) is 2. The number of carbonyl (C=O) groups excluding carboxylic acids is 2. The van der Waals surface area contributed by atoms with Crippen molar-refractivity contribution in [1.82, 2.24) is 0 Å². The minimum absolute atomic E-state index is 0.207. The average Bonchev–Trinajstić information content (AvgIpc) is 2.86. The molecule has 1 aliphatic heterocycles. The number of nitrogens with two attached hydrogens (primary N) is 1. The molecule has 1 aromatic carbocycles. The van der Waals surface area contributed by atoms with Gasteiger partial charge in [0.05, 0.1) is 28.7 Å². The molecule has 2 N–H and O–H groups in total. The molecular formula is C18H21Cl2N2O2+. The summed E-state index contributed by atoms with van der Waals surface area (Å²) in [6.07, 6.45) is 8.37. The van der Waals surface area contributed by atoms with E-state index in [9.17, 15) is 9.59 Å². The van der Waals surface area contributed by atoms with Crippen molar-refractivity contribution in [3.05, 3.63) is 39.9 Å². The molecule has 1 fully saturated rings. The Bertz CT molecular complexity index is 688. The predicted octanol–water partition coefficient (Wildman–Crippen LogP) is 3.08. The maximum Gasteiger partial charge on any atom is 0.292 e. The van der Waals surface area contributed by atoms with Gasteiger partial charge in [-0.1, -0.05) is 40.9 Å². The summed E-state index contributed by atoms with van der Waals surface area (Å²) >= 11 is 12.2. The normalized spacial score (nSPS) is 21.3. The van der Waals surface area contributed by atoms with Crippen LogP contribution in [0.1, 0.15) is 38.5 Å². The lowest BCUT2D eigenvalue weighted by Crippen LogP contribution is -2.91. The molecule has 0 aromatic heterocycles. The van der Waals surface area contributed by atoms with Crippen LogP contribution >= 0.6 is 23.2 Å². The Morgan fingerprint density at radius 2 is 2.04 bits per heavy atom. The third-order valence-electron chi connectivity index (χ3n) is 4.66. The second kappa shape index (κ2) is 7.68. The Kier molecular flexibility index (Phi) is 5.59. The van der Waals surface area contributed by atoms with Gasteiger partial charge in [-0.25, -0.2) is 4.90 Å². The van der Waals surface area contributed by atoms with Gasteiger partial charge < -0.3 is 5.32 Å². The van der Waals surface area contributed by atoms with Crippen LogP contribution in [-0.2, 0) is 9.59 Å². The predicted molar refractivity (Wildman–Crippen MR) is 95.3 cm³/mol. The second-order valence-electron chi connectivity index (χ2n) is 6.33. The zero-order valence-corrected chi connectivity index (χ0v) is 14.9. The van der Waals surface area contributed by atoms with Crippen molar-refractivity contribution >= 4 is 40.7 Å². The van der Waals surface area contributed by atoms with Crippen LogP contribution in [0.5, 0.6) is 0 Å². The maximum absolute atomic E-state index is 12.6. The number of hydrogen-bond donors (Lipinski definition) is 1. The number of halogens is 2. The molecule has 1 aromatic rings. The molecule has 1 atom stereocenters. The molecule has 2 aliphatic rings. The average molecular weight is 368 g/mol. The number of quaternary nitrogens is 1. The standard InChI is InChI=1S/C18H20Cl2N2O2/c19-13-7-4-8-15(17(13)20)22-16(23)11-14(18(22)24)21-10-9-12-5-2-1-3-6-12/h4-5,7-8,14,21H,1-3,6,9-11H2/p+1/t14-/m0/s1. The largest absolute Gasteiger partial charge is 0.335 e. The van der Waals surface area contributed by atoms with Crippen molar-refractivity contribution < 1.29 is 14.9 Å². The molecule has 4 nitrogen and oxygen atoms in total. The third-order valence-corrected chi connectivity index (χ3v) is 5.46. The molecular weight excluding hydrogens is 347 g/mol. The molecule has 1 aliphatic carbocycles. The van der Waals surface area contributed by atoms with E-state index in [2.05, 4.69) is 6.08 Å². The van der Waals surface area contributed by atoms with E-state index >= 15 is 0 Å². The van der Waals surface area contributed by atoms with E-state index in [1.807, 2.05) is 5.32 Å². The topological polar surface area (TPSA) is 54.0 Å². The van der Waals surface area contributed by atoms with Crippen LogP contribution in [0.15, 0.2) is 29.8 Å². The van der Waals surface area contributed by atoms with E-state index in [1.165, 1.54) is 23.3 Å². The number of nitrogens with zero attached hydrogens (tertiary/aromatic N) is 1. The number of imide groups is 1.